The minimum absolute atomic E-state index is 0.191. The first-order valence-electron chi connectivity index (χ1n) is 11.5. The summed E-state index contributed by atoms with van der Waals surface area (Å²) in [4.78, 5) is 25.5. The van der Waals surface area contributed by atoms with Crippen LogP contribution in [-0.4, -0.2) is 44.2 Å². The number of carbonyl (C=O) groups excluding carboxylic acids is 2. The number of nitrogens with one attached hydrogen (secondary N) is 2. The van der Waals surface area contributed by atoms with E-state index < -0.39 is 10.0 Å². The summed E-state index contributed by atoms with van der Waals surface area (Å²) in [6.45, 7) is 7.23. The molecule has 1 saturated heterocycles. The van der Waals surface area contributed by atoms with Crippen LogP contribution in [0.3, 0.4) is 0 Å². The van der Waals surface area contributed by atoms with Crippen LogP contribution in [0.15, 0.2) is 53.4 Å². The molecule has 2 aromatic carbocycles. The Bertz CT molecular complexity index is 1070. The zero-order chi connectivity index (χ0) is 24.0. The number of carbonyl (C=O) groups is 2. The third-order valence-electron chi connectivity index (χ3n) is 5.97. The minimum atomic E-state index is -3.59. The van der Waals surface area contributed by atoms with Crippen LogP contribution in [0.1, 0.15) is 61.9 Å². The normalized spacial score (nSPS) is 15.4. The third kappa shape index (κ3) is 6.00. The Hall–Kier alpha value is -2.71. The summed E-state index contributed by atoms with van der Waals surface area (Å²) in [7, 11) is -3.59. The molecule has 2 N–H and O–H groups in total. The first-order chi connectivity index (χ1) is 15.7. The van der Waals surface area contributed by atoms with Gasteiger partial charge < -0.3 is 10.6 Å². The van der Waals surface area contributed by atoms with Crippen LogP contribution in [0.4, 0.5) is 5.69 Å². The van der Waals surface area contributed by atoms with Gasteiger partial charge in [0.25, 0.3) is 5.91 Å². The second-order valence-corrected chi connectivity index (χ2v) is 10.6. The van der Waals surface area contributed by atoms with Crippen molar-refractivity contribution in [3.8, 4) is 0 Å². The van der Waals surface area contributed by atoms with Crippen molar-refractivity contribution >= 4 is 27.5 Å². The molecule has 2 amide bonds. The second kappa shape index (κ2) is 10.9. The smallest absolute Gasteiger partial charge is 0.253 e. The van der Waals surface area contributed by atoms with Crippen molar-refractivity contribution in [2.75, 3.05) is 25.0 Å². The molecule has 33 heavy (non-hydrogen) atoms. The van der Waals surface area contributed by atoms with Crippen molar-refractivity contribution in [2.45, 2.75) is 50.8 Å². The summed E-state index contributed by atoms with van der Waals surface area (Å²) < 4.78 is 27.5. The molecule has 1 aliphatic heterocycles. The second-order valence-electron chi connectivity index (χ2n) is 8.69. The number of amides is 2. The average molecular weight is 472 g/mol. The van der Waals surface area contributed by atoms with E-state index in [1.165, 1.54) is 4.31 Å². The molecular weight excluding hydrogens is 438 g/mol. The Morgan fingerprint density at radius 1 is 1.03 bits per heavy atom. The fraction of sp³-hybridized carbons (Fsp3) is 0.440. The number of sulfonamides is 1. The van der Waals surface area contributed by atoms with Gasteiger partial charge in [0.15, 0.2) is 0 Å². The van der Waals surface area contributed by atoms with Crippen molar-refractivity contribution in [1.29, 1.82) is 0 Å². The molecule has 1 heterocycles. The quantitative estimate of drug-likeness (QED) is 0.609. The number of rotatable bonds is 8. The Morgan fingerprint density at radius 2 is 1.67 bits per heavy atom. The van der Waals surface area contributed by atoms with E-state index in [2.05, 4.69) is 24.5 Å². The number of nitrogens with zero attached hydrogens (tertiary/aromatic N) is 1. The largest absolute Gasteiger partial charge is 0.352 e. The van der Waals surface area contributed by atoms with Crippen LogP contribution in [0.5, 0.6) is 0 Å². The van der Waals surface area contributed by atoms with Gasteiger partial charge in [0.05, 0.1) is 16.1 Å². The van der Waals surface area contributed by atoms with Gasteiger partial charge in [-0.05, 0) is 55.0 Å². The van der Waals surface area contributed by atoms with Crippen LogP contribution in [0.2, 0.25) is 0 Å². The van der Waals surface area contributed by atoms with E-state index in [0.717, 1.165) is 12.0 Å². The van der Waals surface area contributed by atoms with Gasteiger partial charge in [0.1, 0.15) is 0 Å². The van der Waals surface area contributed by atoms with Crippen molar-refractivity contribution in [3.05, 3.63) is 59.7 Å². The van der Waals surface area contributed by atoms with Gasteiger partial charge in [0.2, 0.25) is 15.9 Å². The Morgan fingerprint density at radius 3 is 2.27 bits per heavy atom. The SMILES string of the molecule is CCCNC(=O)c1ccccc1NC(=O)C1CCN(S(=O)(=O)c2ccc(C(C)C)cc2)CC1. The van der Waals surface area contributed by atoms with Gasteiger partial charge in [-0.25, -0.2) is 8.42 Å². The van der Waals surface area contributed by atoms with E-state index in [1.807, 2.05) is 19.1 Å². The maximum Gasteiger partial charge on any atom is 0.253 e. The van der Waals surface area contributed by atoms with Gasteiger partial charge in [0, 0.05) is 25.6 Å². The molecule has 2 aromatic rings. The molecule has 8 heteroatoms. The molecule has 0 bridgehead atoms. The number of anilines is 1. The fourth-order valence-corrected chi connectivity index (χ4v) is 5.36. The molecule has 0 aliphatic carbocycles. The highest BCUT2D eigenvalue weighted by atomic mass is 32.2. The predicted molar refractivity (Wildman–Crippen MR) is 130 cm³/mol. The van der Waals surface area contributed by atoms with Crippen molar-refractivity contribution in [2.24, 2.45) is 5.92 Å². The van der Waals surface area contributed by atoms with Crippen molar-refractivity contribution in [1.82, 2.24) is 9.62 Å². The van der Waals surface area contributed by atoms with E-state index in [-0.39, 0.29) is 35.7 Å². The third-order valence-corrected chi connectivity index (χ3v) is 7.89. The first kappa shape index (κ1) is 24.9. The standard InChI is InChI=1S/C25H33N3O4S/c1-4-15-26-25(30)22-7-5-6-8-23(22)27-24(29)20-13-16-28(17-14-20)33(31,32)21-11-9-19(10-12-21)18(2)3/h5-12,18,20H,4,13-17H2,1-3H3,(H,26,30)(H,27,29). The molecule has 0 unspecified atom stereocenters. The topological polar surface area (TPSA) is 95.6 Å². The maximum absolute atomic E-state index is 13.0. The molecule has 0 saturated carbocycles. The summed E-state index contributed by atoms with van der Waals surface area (Å²) in [5.41, 5.74) is 1.98. The number of piperidine rings is 1. The first-order valence-corrected chi connectivity index (χ1v) is 13.0. The van der Waals surface area contributed by atoms with E-state index >= 15 is 0 Å². The number of hydrogen-bond acceptors (Lipinski definition) is 4. The van der Waals surface area contributed by atoms with Gasteiger partial charge in [-0.1, -0.05) is 45.0 Å². The number of benzene rings is 2. The van der Waals surface area contributed by atoms with Gasteiger partial charge in [-0.15, -0.1) is 0 Å². The Balaban J connectivity index is 1.62. The molecule has 3 rings (SSSR count). The summed E-state index contributed by atoms with van der Waals surface area (Å²) >= 11 is 0. The molecule has 0 atom stereocenters. The summed E-state index contributed by atoms with van der Waals surface area (Å²) in [6.07, 6.45) is 1.68. The Labute approximate surface area is 196 Å². The maximum atomic E-state index is 13.0. The monoisotopic (exact) mass is 471 g/mol. The molecule has 0 spiro atoms. The fourth-order valence-electron chi connectivity index (χ4n) is 3.89. The lowest BCUT2D eigenvalue weighted by atomic mass is 9.97. The molecule has 1 aliphatic rings. The zero-order valence-corrected chi connectivity index (χ0v) is 20.3. The summed E-state index contributed by atoms with van der Waals surface area (Å²) in [6, 6.07) is 13.9. The number of para-hydroxylation sites is 1. The lowest BCUT2D eigenvalue weighted by Gasteiger charge is -2.30. The highest BCUT2D eigenvalue weighted by Crippen LogP contribution is 2.26. The molecule has 7 nitrogen and oxygen atoms in total. The van der Waals surface area contributed by atoms with Gasteiger partial charge in [-0.2, -0.15) is 4.31 Å². The lowest BCUT2D eigenvalue weighted by molar-refractivity contribution is -0.120. The lowest BCUT2D eigenvalue weighted by Crippen LogP contribution is -2.41. The molecule has 178 valence electrons. The van der Waals surface area contributed by atoms with E-state index in [1.54, 1.807) is 36.4 Å². The van der Waals surface area contributed by atoms with Crippen LogP contribution in [0.25, 0.3) is 0 Å². The highest BCUT2D eigenvalue weighted by Gasteiger charge is 2.32. The van der Waals surface area contributed by atoms with E-state index in [9.17, 15) is 18.0 Å². The molecular formula is C25H33N3O4S. The minimum Gasteiger partial charge on any atom is -0.352 e. The van der Waals surface area contributed by atoms with E-state index in [0.29, 0.717) is 36.6 Å². The van der Waals surface area contributed by atoms with Crippen LogP contribution in [-0.2, 0) is 14.8 Å². The molecule has 0 radical (unpaired) electrons. The highest BCUT2D eigenvalue weighted by molar-refractivity contribution is 7.89. The van der Waals surface area contributed by atoms with E-state index in [4.69, 9.17) is 0 Å². The van der Waals surface area contributed by atoms with Gasteiger partial charge >= 0.3 is 0 Å². The summed E-state index contributed by atoms with van der Waals surface area (Å²) in [5.74, 6) is -0.397. The molecule has 0 aromatic heterocycles. The molecule has 1 fully saturated rings. The summed E-state index contributed by atoms with van der Waals surface area (Å²) in [5, 5.41) is 5.70. The zero-order valence-electron chi connectivity index (χ0n) is 19.5. The van der Waals surface area contributed by atoms with Crippen LogP contribution >= 0.6 is 0 Å². The average Bonchev–Trinajstić information content (AvgIpc) is 2.83. The van der Waals surface area contributed by atoms with Crippen LogP contribution in [0, 0.1) is 5.92 Å². The van der Waals surface area contributed by atoms with Gasteiger partial charge in [-0.3, -0.25) is 9.59 Å². The van der Waals surface area contributed by atoms with Crippen molar-refractivity contribution in [3.63, 3.8) is 0 Å². The Kier molecular flexibility index (Phi) is 8.26. The van der Waals surface area contributed by atoms with Crippen LogP contribution < -0.4 is 10.6 Å². The predicted octanol–water partition coefficient (Wildman–Crippen LogP) is 3.99. The number of hydrogen-bond donors (Lipinski definition) is 2. The van der Waals surface area contributed by atoms with Crippen molar-refractivity contribution < 1.29 is 18.0 Å².